The van der Waals surface area contributed by atoms with E-state index in [1.54, 1.807) is 0 Å². The van der Waals surface area contributed by atoms with E-state index < -0.39 is 0 Å². The number of anilines is 1. The zero-order chi connectivity index (χ0) is 11.5. The van der Waals surface area contributed by atoms with Crippen LogP contribution in [0.2, 0.25) is 0 Å². The molecule has 16 heavy (non-hydrogen) atoms. The molecule has 1 nitrogen and oxygen atoms in total. The first-order valence-electron chi connectivity index (χ1n) is 5.29. The Kier molecular flexibility index (Phi) is 2.78. The lowest BCUT2D eigenvalue weighted by molar-refractivity contribution is 1.45. The Balaban J connectivity index is 2.40. The topological polar surface area (TPSA) is 26.0 Å². The van der Waals surface area contributed by atoms with Crippen LogP contribution in [0.3, 0.4) is 0 Å². The highest BCUT2D eigenvalue weighted by Gasteiger charge is 2.04. The van der Waals surface area contributed by atoms with Gasteiger partial charge in [-0.05, 0) is 24.1 Å². The Hall–Kier alpha value is -2.02. The molecule has 0 amide bonds. The number of hydrogen-bond donors (Lipinski definition) is 1. The van der Waals surface area contributed by atoms with Crippen LogP contribution in [0.25, 0.3) is 5.57 Å². The molecule has 0 bridgehead atoms. The van der Waals surface area contributed by atoms with E-state index >= 15 is 0 Å². The zero-order valence-corrected chi connectivity index (χ0v) is 9.40. The highest BCUT2D eigenvalue weighted by molar-refractivity contribution is 5.83. The van der Waals surface area contributed by atoms with Crippen molar-refractivity contribution in [2.24, 2.45) is 0 Å². The van der Waals surface area contributed by atoms with Crippen molar-refractivity contribution < 1.29 is 0 Å². The maximum atomic E-state index is 5.93. The van der Waals surface area contributed by atoms with Gasteiger partial charge in [0.15, 0.2) is 0 Å². The summed E-state index contributed by atoms with van der Waals surface area (Å²) in [5.74, 6) is 0. The summed E-state index contributed by atoms with van der Waals surface area (Å²) in [7, 11) is 0. The van der Waals surface area contributed by atoms with E-state index in [1.807, 2.05) is 24.3 Å². The standard InChI is InChI=1S/C15H15N/c1-11-7-9-13(10-8-11)12(2)14-5-3-4-6-15(14)16/h3-10H,2,16H2,1H3. The van der Waals surface area contributed by atoms with E-state index in [0.29, 0.717) is 0 Å². The average molecular weight is 209 g/mol. The predicted molar refractivity (Wildman–Crippen MR) is 70.2 cm³/mol. The van der Waals surface area contributed by atoms with Crippen LogP contribution in [0.15, 0.2) is 55.1 Å². The van der Waals surface area contributed by atoms with Gasteiger partial charge in [0, 0.05) is 11.3 Å². The van der Waals surface area contributed by atoms with Crippen LogP contribution >= 0.6 is 0 Å². The quantitative estimate of drug-likeness (QED) is 0.751. The molecule has 0 aliphatic rings. The van der Waals surface area contributed by atoms with E-state index in [9.17, 15) is 0 Å². The van der Waals surface area contributed by atoms with E-state index in [0.717, 1.165) is 22.4 Å². The van der Waals surface area contributed by atoms with Gasteiger partial charge >= 0.3 is 0 Å². The number of hydrogen-bond acceptors (Lipinski definition) is 1. The minimum Gasteiger partial charge on any atom is -0.398 e. The smallest absolute Gasteiger partial charge is 0.0393 e. The molecule has 0 aromatic heterocycles. The molecule has 0 radical (unpaired) electrons. The van der Waals surface area contributed by atoms with E-state index in [1.165, 1.54) is 5.56 Å². The van der Waals surface area contributed by atoms with Crippen molar-refractivity contribution in [1.29, 1.82) is 0 Å². The molecule has 0 saturated heterocycles. The third-order valence-electron chi connectivity index (χ3n) is 2.69. The lowest BCUT2D eigenvalue weighted by Crippen LogP contribution is -1.93. The monoisotopic (exact) mass is 209 g/mol. The fourth-order valence-corrected chi connectivity index (χ4v) is 1.68. The number of nitrogens with two attached hydrogens (primary N) is 1. The fourth-order valence-electron chi connectivity index (χ4n) is 1.68. The second-order valence-corrected chi connectivity index (χ2v) is 3.93. The molecule has 0 saturated carbocycles. The molecule has 2 aromatic rings. The Labute approximate surface area is 96.2 Å². The summed E-state index contributed by atoms with van der Waals surface area (Å²) in [4.78, 5) is 0. The van der Waals surface area contributed by atoms with Crippen LogP contribution in [-0.4, -0.2) is 0 Å². The van der Waals surface area contributed by atoms with Crippen molar-refractivity contribution in [1.82, 2.24) is 0 Å². The summed E-state index contributed by atoms with van der Waals surface area (Å²) in [6, 6.07) is 16.1. The molecule has 0 fully saturated rings. The maximum Gasteiger partial charge on any atom is 0.0393 e. The van der Waals surface area contributed by atoms with Gasteiger partial charge in [-0.25, -0.2) is 0 Å². The van der Waals surface area contributed by atoms with Crippen LogP contribution < -0.4 is 5.73 Å². The van der Waals surface area contributed by atoms with E-state index in [4.69, 9.17) is 5.73 Å². The number of benzene rings is 2. The van der Waals surface area contributed by atoms with Gasteiger partial charge < -0.3 is 5.73 Å². The molecule has 0 atom stereocenters. The van der Waals surface area contributed by atoms with Gasteiger partial charge in [0.1, 0.15) is 0 Å². The summed E-state index contributed by atoms with van der Waals surface area (Å²) < 4.78 is 0. The molecule has 2 N–H and O–H groups in total. The lowest BCUT2D eigenvalue weighted by Gasteiger charge is -2.09. The van der Waals surface area contributed by atoms with Crippen LogP contribution in [0.4, 0.5) is 5.69 Å². The largest absolute Gasteiger partial charge is 0.398 e. The highest BCUT2D eigenvalue weighted by atomic mass is 14.6. The molecule has 0 spiro atoms. The summed E-state index contributed by atoms with van der Waals surface area (Å²) in [5, 5.41) is 0. The molecule has 2 rings (SSSR count). The minimum atomic E-state index is 0.771. The molecule has 80 valence electrons. The maximum absolute atomic E-state index is 5.93. The number of aryl methyl sites for hydroxylation is 1. The van der Waals surface area contributed by atoms with E-state index in [2.05, 4.69) is 37.8 Å². The van der Waals surface area contributed by atoms with Crippen LogP contribution in [0.5, 0.6) is 0 Å². The van der Waals surface area contributed by atoms with Gasteiger partial charge in [-0.2, -0.15) is 0 Å². The van der Waals surface area contributed by atoms with Gasteiger partial charge in [0.25, 0.3) is 0 Å². The Morgan fingerprint density at radius 1 is 1.00 bits per heavy atom. The summed E-state index contributed by atoms with van der Waals surface area (Å²) >= 11 is 0. The lowest BCUT2D eigenvalue weighted by atomic mass is 9.97. The van der Waals surface area contributed by atoms with Crippen molar-refractivity contribution in [2.45, 2.75) is 6.92 Å². The second-order valence-electron chi connectivity index (χ2n) is 3.93. The van der Waals surface area contributed by atoms with Gasteiger partial charge in [-0.3, -0.25) is 0 Å². The first-order chi connectivity index (χ1) is 7.68. The number of para-hydroxylation sites is 1. The third kappa shape index (κ3) is 1.98. The van der Waals surface area contributed by atoms with Crippen LogP contribution in [0.1, 0.15) is 16.7 Å². The van der Waals surface area contributed by atoms with Gasteiger partial charge in [0.2, 0.25) is 0 Å². The Bertz CT molecular complexity index is 509. The molecule has 0 heterocycles. The molecule has 0 aliphatic heterocycles. The zero-order valence-electron chi connectivity index (χ0n) is 9.40. The SMILES string of the molecule is C=C(c1ccc(C)cc1)c1ccccc1N. The van der Waals surface area contributed by atoms with Crippen molar-refractivity contribution in [2.75, 3.05) is 5.73 Å². The van der Waals surface area contributed by atoms with Gasteiger partial charge in [0.05, 0.1) is 0 Å². The predicted octanol–water partition coefficient (Wildman–Crippen LogP) is 3.64. The molecule has 2 aromatic carbocycles. The summed E-state index contributed by atoms with van der Waals surface area (Å²) in [5.41, 5.74) is 11.0. The number of rotatable bonds is 2. The van der Waals surface area contributed by atoms with E-state index in [-0.39, 0.29) is 0 Å². The Morgan fingerprint density at radius 2 is 1.62 bits per heavy atom. The second kappa shape index (κ2) is 4.23. The fraction of sp³-hybridized carbons (Fsp3) is 0.0667. The van der Waals surface area contributed by atoms with Crippen LogP contribution in [0, 0.1) is 6.92 Å². The summed E-state index contributed by atoms with van der Waals surface area (Å²) in [6.07, 6.45) is 0. The minimum absolute atomic E-state index is 0.771. The molecule has 0 unspecified atom stereocenters. The highest BCUT2D eigenvalue weighted by Crippen LogP contribution is 2.26. The Morgan fingerprint density at radius 3 is 2.25 bits per heavy atom. The first-order valence-corrected chi connectivity index (χ1v) is 5.29. The normalized spacial score (nSPS) is 10.1. The van der Waals surface area contributed by atoms with Crippen molar-refractivity contribution >= 4 is 11.3 Å². The van der Waals surface area contributed by atoms with Crippen molar-refractivity contribution in [3.8, 4) is 0 Å². The molecule has 1 heteroatoms. The first kappa shape index (κ1) is 10.5. The van der Waals surface area contributed by atoms with Crippen LogP contribution in [-0.2, 0) is 0 Å². The molecule has 0 aliphatic carbocycles. The van der Waals surface area contributed by atoms with Crippen molar-refractivity contribution in [3.63, 3.8) is 0 Å². The summed E-state index contributed by atoms with van der Waals surface area (Å²) in [6.45, 7) is 6.18. The molecular weight excluding hydrogens is 194 g/mol. The van der Waals surface area contributed by atoms with Crippen molar-refractivity contribution in [3.05, 3.63) is 71.8 Å². The molecular formula is C15H15N. The average Bonchev–Trinajstić information content (AvgIpc) is 2.30. The third-order valence-corrected chi connectivity index (χ3v) is 2.69. The number of nitrogen functional groups attached to an aromatic ring is 1. The van der Waals surface area contributed by atoms with Gasteiger partial charge in [-0.15, -0.1) is 0 Å². The van der Waals surface area contributed by atoms with Gasteiger partial charge in [-0.1, -0.05) is 54.6 Å².